The van der Waals surface area contributed by atoms with Gasteiger partial charge in [0.05, 0.1) is 6.54 Å². The smallest absolute Gasteiger partial charge is 0.227 e. The first-order chi connectivity index (χ1) is 13.8. The van der Waals surface area contributed by atoms with Crippen LogP contribution < -0.4 is 15.5 Å². The van der Waals surface area contributed by atoms with Crippen molar-refractivity contribution in [2.75, 3.05) is 24.5 Å². The van der Waals surface area contributed by atoms with Crippen molar-refractivity contribution in [1.82, 2.24) is 10.6 Å². The maximum Gasteiger partial charge on any atom is 0.227 e. The zero-order chi connectivity index (χ0) is 19.6. The van der Waals surface area contributed by atoms with Crippen molar-refractivity contribution in [1.29, 1.82) is 0 Å². The standard InChI is InChI=1S/C23H30N4O/c1-2-24-23(25-16-6-10-19-8-4-3-5-9-19)26-18-20-12-14-21(15-13-20)27-17-7-11-22(27)28/h3-5,8-9,12-15H,2,6-7,10-11,16-18H2,1H3,(H2,24,25,26). The number of aliphatic imine (C=N–C) groups is 1. The average Bonchev–Trinajstić information content (AvgIpc) is 3.16. The Morgan fingerprint density at radius 2 is 1.82 bits per heavy atom. The Morgan fingerprint density at radius 1 is 1.04 bits per heavy atom. The van der Waals surface area contributed by atoms with Crippen LogP contribution >= 0.6 is 0 Å². The largest absolute Gasteiger partial charge is 0.357 e. The number of anilines is 1. The summed E-state index contributed by atoms with van der Waals surface area (Å²) in [6.45, 7) is 5.23. The fraction of sp³-hybridized carbons (Fsp3) is 0.391. The molecule has 0 aliphatic carbocycles. The molecule has 0 unspecified atom stereocenters. The molecule has 0 aromatic heterocycles. The molecule has 2 aromatic carbocycles. The van der Waals surface area contributed by atoms with E-state index < -0.39 is 0 Å². The lowest BCUT2D eigenvalue weighted by Gasteiger charge is -2.16. The first-order valence-electron chi connectivity index (χ1n) is 10.2. The van der Waals surface area contributed by atoms with Gasteiger partial charge in [-0.3, -0.25) is 4.79 Å². The van der Waals surface area contributed by atoms with Crippen molar-refractivity contribution in [2.45, 2.75) is 39.2 Å². The molecule has 0 bridgehead atoms. The van der Waals surface area contributed by atoms with E-state index in [0.717, 1.165) is 56.1 Å². The van der Waals surface area contributed by atoms with Gasteiger partial charge in [-0.05, 0) is 49.4 Å². The van der Waals surface area contributed by atoms with Crippen molar-refractivity contribution in [3.05, 3.63) is 65.7 Å². The molecule has 2 aromatic rings. The van der Waals surface area contributed by atoms with Crippen LogP contribution in [0.5, 0.6) is 0 Å². The van der Waals surface area contributed by atoms with Gasteiger partial charge in [-0.15, -0.1) is 0 Å². The van der Waals surface area contributed by atoms with E-state index in [1.807, 2.05) is 23.1 Å². The summed E-state index contributed by atoms with van der Waals surface area (Å²) in [5.74, 6) is 1.06. The van der Waals surface area contributed by atoms with Crippen LogP contribution in [0.4, 0.5) is 5.69 Å². The third kappa shape index (κ3) is 5.84. The molecule has 1 amide bonds. The van der Waals surface area contributed by atoms with Gasteiger partial charge in [0, 0.05) is 31.7 Å². The van der Waals surface area contributed by atoms with Crippen molar-refractivity contribution < 1.29 is 4.79 Å². The van der Waals surface area contributed by atoms with Crippen LogP contribution in [0, 0.1) is 0 Å². The van der Waals surface area contributed by atoms with E-state index in [9.17, 15) is 4.79 Å². The Labute approximate surface area is 167 Å². The third-order valence-electron chi connectivity index (χ3n) is 4.86. The fourth-order valence-electron chi connectivity index (χ4n) is 3.36. The zero-order valence-corrected chi connectivity index (χ0v) is 16.7. The number of benzene rings is 2. The van der Waals surface area contributed by atoms with Gasteiger partial charge in [0.2, 0.25) is 5.91 Å². The number of nitrogens with one attached hydrogen (secondary N) is 2. The number of hydrogen-bond donors (Lipinski definition) is 2. The topological polar surface area (TPSA) is 56.7 Å². The molecule has 0 spiro atoms. The molecule has 1 fully saturated rings. The predicted octanol–water partition coefficient (Wildman–Crippen LogP) is 3.50. The molecule has 1 heterocycles. The number of guanidine groups is 1. The van der Waals surface area contributed by atoms with Crippen LogP contribution in [0.2, 0.25) is 0 Å². The lowest BCUT2D eigenvalue weighted by atomic mass is 10.1. The second-order valence-corrected chi connectivity index (χ2v) is 7.03. The molecule has 28 heavy (non-hydrogen) atoms. The number of carbonyl (C=O) groups is 1. The zero-order valence-electron chi connectivity index (χ0n) is 16.7. The van der Waals surface area contributed by atoms with E-state index >= 15 is 0 Å². The van der Waals surface area contributed by atoms with Gasteiger partial charge in [0.25, 0.3) is 0 Å². The van der Waals surface area contributed by atoms with Gasteiger partial charge in [-0.1, -0.05) is 42.5 Å². The number of rotatable bonds is 8. The first-order valence-corrected chi connectivity index (χ1v) is 10.2. The number of aryl methyl sites for hydroxylation is 1. The minimum atomic E-state index is 0.222. The van der Waals surface area contributed by atoms with Crippen molar-refractivity contribution >= 4 is 17.6 Å². The number of nitrogens with zero attached hydrogens (tertiary/aromatic N) is 2. The summed E-state index contributed by atoms with van der Waals surface area (Å²) in [5.41, 5.74) is 3.49. The number of amides is 1. The van der Waals surface area contributed by atoms with E-state index in [-0.39, 0.29) is 5.91 Å². The van der Waals surface area contributed by atoms with Crippen LogP contribution in [-0.4, -0.2) is 31.5 Å². The fourth-order valence-corrected chi connectivity index (χ4v) is 3.36. The van der Waals surface area contributed by atoms with Crippen molar-refractivity contribution in [3.8, 4) is 0 Å². The molecule has 1 aliphatic heterocycles. The summed E-state index contributed by atoms with van der Waals surface area (Å²) >= 11 is 0. The summed E-state index contributed by atoms with van der Waals surface area (Å²) in [7, 11) is 0. The molecular weight excluding hydrogens is 348 g/mol. The lowest BCUT2D eigenvalue weighted by Crippen LogP contribution is -2.37. The Balaban J connectivity index is 1.48. The van der Waals surface area contributed by atoms with Crippen LogP contribution in [0.25, 0.3) is 0 Å². The van der Waals surface area contributed by atoms with E-state index in [0.29, 0.717) is 13.0 Å². The van der Waals surface area contributed by atoms with Gasteiger partial charge in [-0.25, -0.2) is 4.99 Å². The summed E-state index contributed by atoms with van der Waals surface area (Å²) in [6, 6.07) is 18.7. The Hall–Kier alpha value is -2.82. The Bertz CT molecular complexity index is 771. The van der Waals surface area contributed by atoms with E-state index in [2.05, 4.69) is 58.9 Å². The molecule has 0 atom stereocenters. The molecule has 0 saturated carbocycles. The minimum Gasteiger partial charge on any atom is -0.357 e. The van der Waals surface area contributed by atoms with Crippen molar-refractivity contribution in [2.24, 2.45) is 4.99 Å². The monoisotopic (exact) mass is 378 g/mol. The highest BCUT2D eigenvalue weighted by Crippen LogP contribution is 2.21. The Morgan fingerprint density at radius 3 is 2.50 bits per heavy atom. The maximum atomic E-state index is 11.8. The van der Waals surface area contributed by atoms with Crippen molar-refractivity contribution in [3.63, 3.8) is 0 Å². The summed E-state index contributed by atoms with van der Waals surface area (Å²) in [6.07, 6.45) is 3.73. The summed E-state index contributed by atoms with van der Waals surface area (Å²) < 4.78 is 0. The second-order valence-electron chi connectivity index (χ2n) is 7.03. The van der Waals surface area contributed by atoms with Gasteiger partial charge in [0.1, 0.15) is 0 Å². The number of hydrogen-bond acceptors (Lipinski definition) is 2. The molecule has 3 rings (SSSR count). The quantitative estimate of drug-likeness (QED) is 0.420. The first kappa shape index (κ1) is 19.9. The molecule has 0 radical (unpaired) electrons. The summed E-state index contributed by atoms with van der Waals surface area (Å²) in [4.78, 5) is 18.4. The SMILES string of the molecule is CCNC(=NCc1ccc(N2CCCC2=O)cc1)NCCCc1ccccc1. The molecule has 1 aliphatic rings. The third-order valence-corrected chi connectivity index (χ3v) is 4.86. The van der Waals surface area contributed by atoms with Gasteiger partial charge in [-0.2, -0.15) is 0 Å². The van der Waals surface area contributed by atoms with Crippen LogP contribution in [0.1, 0.15) is 37.3 Å². The minimum absolute atomic E-state index is 0.222. The summed E-state index contributed by atoms with van der Waals surface area (Å²) in [5, 5.41) is 6.71. The highest BCUT2D eigenvalue weighted by atomic mass is 16.2. The molecular formula is C23H30N4O. The molecule has 2 N–H and O–H groups in total. The normalized spacial score (nSPS) is 14.4. The lowest BCUT2D eigenvalue weighted by molar-refractivity contribution is -0.117. The molecule has 148 valence electrons. The van der Waals surface area contributed by atoms with Crippen LogP contribution in [0.3, 0.4) is 0 Å². The van der Waals surface area contributed by atoms with Gasteiger partial charge < -0.3 is 15.5 Å². The van der Waals surface area contributed by atoms with Crippen LogP contribution in [0.15, 0.2) is 59.6 Å². The number of carbonyl (C=O) groups excluding carboxylic acids is 1. The highest BCUT2D eigenvalue weighted by molar-refractivity contribution is 5.95. The van der Waals surface area contributed by atoms with E-state index in [1.54, 1.807) is 0 Å². The van der Waals surface area contributed by atoms with Crippen LogP contribution in [-0.2, 0) is 17.8 Å². The molecule has 5 heteroatoms. The van der Waals surface area contributed by atoms with E-state index in [1.165, 1.54) is 5.56 Å². The van der Waals surface area contributed by atoms with E-state index in [4.69, 9.17) is 0 Å². The molecule has 5 nitrogen and oxygen atoms in total. The van der Waals surface area contributed by atoms with Gasteiger partial charge in [0.15, 0.2) is 5.96 Å². The highest BCUT2D eigenvalue weighted by Gasteiger charge is 2.21. The predicted molar refractivity (Wildman–Crippen MR) is 116 cm³/mol. The molecule has 1 saturated heterocycles. The Kier molecular flexibility index (Phi) is 7.47. The second kappa shape index (κ2) is 10.5. The maximum absolute atomic E-state index is 11.8. The van der Waals surface area contributed by atoms with Gasteiger partial charge >= 0.3 is 0 Å². The average molecular weight is 379 g/mol.